The SMILES string of the molecule is O=C(CSc1nnc(NC2CCCCC2)s1)N[C@H](Cc1c[nH]c2ccccc12)C(=O)O. The Morgan fingerprint density at radius 2 is 2.03 bits per heavy atom. The van der Waals surface area contributed by atoms with Crippen molar-refractivity contribution in [1.82, 2.24) is 20.5 Å². The first-order chi connectivity index (χ1) is 15.1. The van der Waals surface area contributed by atoms with Crippen LogP contribution in [0.5, 0.6) is 0 Å². The van der Waals surface area contributed by atoms with E-state index in [4.69, 9.17) is 0 Å². The molecule has 1 aliphatic carbocycles. The fourth-order valence-corrected chi connectivity index (χ4v) is 5.47. The van der Waals surface area contributed by atoms with Gasteiger partial charge in [0.25, 0.3) is 0 Å². The molecule has 31 heavy (non-hydrogen) atoms. The minimum Gasteiger partial charge on any atom is -0.480 e. The number of benzene rings is 1. The number of aromatic nitrogens is 3. The van der Waals surface area contributed by atoms with Gasteiger partial charge in [-0.25, -0.2) is 4.79 Å². The van der Waals surface area contributed by atoms with Crippen LogP contribution in [0.15, 0.2) is 34.8 Å². The van der Waals surface area contributed by atoms with Gasteiger partial charge in [-0.3, -0.25) is 4.79 Å². The topological polar surface area (TPSA) is 120 Å². The Bertz CT molecular complexity index is 1040. The van der Waals surface area contributed by atoms with Crippen molar-refractivity contribution in [3.05, 3.63) is 36.0 Å². The number of para-hydroxylation sites is 1. The van der Waals surface area contributed by atoms with Gasteiger partial charge < -0.3 is 20.7 Å². The quantitative estimate of drug-likeness (QED) is 0.360. The molecule has 8 nitrogen and oxygen atoms in total. The number of aromatic amines is 1. The highest BCUT2D eigenvalue weighted by Crippen LogP contribution is 2.28. The molecule has 1 atom stereocenters. The molecule has 1 aromatic carbocycles. The fraction of sp³-hybridized carbons (Fsp3) is 0.429. The average Bonchev–Trinajstić information content (AvgIpc) is 3.39. The Kier molecular flexibility index (Phi) is 7.08. The van der Waals surface area contributed by atoms with Crippen LogP contribution in [0.25, 0.3) is 10.9 Å². The number of carboxylic acid groups (broad SMARTS) is 1. The molecule has 1 amide bonds. The molecule has 10 heteroatoms. The first kappa shape index (κ1) is 21.6. The Hall–Kier alpha value is -2.59. The minimum absolute atomic E-state index is 0.0930. The molecule has 0 spiro atoms. The van der Waals surface area contributed by atoms with Crippen LogP contribution in [0.1, 0.15) is 37.7 Å². The summed E-state index contributed by atoms with van der Waals surface area (Å²) in [5.41, 5.74) is 1.80. The summed E-state index contributed by atoms with van der Waals surface area (Å²) in [6, 6.07) is 7.15. The van der Waals surface area contributed by atoms with Gasteiger partial charge in [0.05, 0.1) is 5.75 Å². The Morgan fingerprint density at radius 1 is 1.23 bits per heavy atom. The summed E-state index contributed by atoms with van der Waals surface area (Å²) < 4.78 is 0.692. The number of hydrogen-bond acceptors (Lipinski definition) is 7. The van der Waals surface area contributed by atoms with E-state index in [1.165, 1.54) is 42.4 Å². The van der Waals surface area contributed by atoms with Crippen LogP contribution in [-0.4, -0.2) is 50.0 Å². The summed E-state index contributed by atoms with van der Waals surface area (Å²) in [4.78, 5) is 27.2. The molecule has 2 aromatic heterocycles. The standard InChI is InChI=1S/C21H25N5O3S2/c27-18(12-30-21-26-25-20(31-21)23-14-6-2-1-3-7-14)24-17(19(28)29)10-13-11-22-16-9-5-4-8-15(13)16/h4-5,8-9,11,14,17,22H,1-3,6-7,10,12H2,(H,23,25)(H,24,27)(H,28,29)/t17-/m1/s1. The van der Waals surface area contributed by atoms with E-state index in [1.807, 2.05) is 24.3 Å². The maximum absolute atomic E-state index is 12.4. The summed E-state index contributed by atoms with van der Waals surface area (Å²) in [5, 5.41) is 25.7. The summed E-state index contributed by atoms with van der Waals surface area (Å²) in [7, 11) is 0. The van der Waals surface area contributed by atoms with Crippen LogP contribution in [-0.2, 0) is 16.0 Å². The normalized spacial score (nSPS) is 15.6. The Balaban J connectivity index is 1.29. The summed E-state index contributed by atoms with van der Waals surface area (Å²) >= 11 is 2.70. The zero-order chi connectivity index (χ0) is 21.6. The molecular weight excluding hydrogens is 434 g/mol. The van der Waals surface area contributed by atoms with E-state index < -0.39 is 12.0 Å². The van der Waals surface area contributed by atoms with Crippen LogP contribution in [0.2, 0.25) is 0 Å². The largest absolute Gasteiger partial charge is 0.480 e. The lowest BCUT2D eigenvalue weighted by molar-refractivity contribution is -0.141. The van der Waals surface area contributed by atoms with Crippen molar-refractivity contribution in [2.45, 2.75) is 54.9 Å². The number of aliphatic carboxylic acids is 1. The van der Waals surface area contributed by atoms with Crippen molar-refractivity contribution in [3.63, 3.8) is 0 Å². The number of thioether (sulfide) groups is 1. The number of hydrogen-bond donors (Lipinski definition) is 4. The van der Waals surface area contributed by atoms with Crippen molar-refractivity contribution < 1.29 is 14.7 Å². The molecule has 0 radical (unpaired) electrons. The molecule has 3 aromatic rings. The maximum Gasteiger partial charge on any atom is 0.326 e. The number of H-pyrrole nitrogens is 1. The highest BCUT2D eigenvalue weighted by Gasteiger charge is 2.22. The molecule has 0 saturated heterocycles. The van der Waals surface area contributed by atoms with Crippen LogP contribution >= 0.6 is 23.1 Å². The molecule has 4 N–H and O–H groups in total. The smallest absolute Gasteiger partial charge is 0.326 e. The molecule has 0 aliphatic heterocycles. The predicted octanol–water partition coefficient (Wildman–Crippen LogP) is 3.67. The first-order valence-electron chi connectivity index (χ1n) is 10.4. The first-order valence-corrected chi connectivity index (χ1v) is 12.2. The number of carboxylic acids is 1. The van der Waals surface area contributed by atoms with E-state index in [2.05, 4.69) is 25.8 Å². The molecular formula is C21H25N5O3S2. The lowest BCUT2D eigenvalue weighted by Crippen LogP contribution is -2.43. The number of carbonyl (C=O) groups is 2. The average molecular weight is 460 g/mol. The lowest BCUT2D eigenvalue weighted by atomic mass is 9.96. The van der Waals surface area contributed by atoms with Gasteiger partial charge in [0.1, 0.15) is 6.04 Å². The van der Waals surface area contributed by atoms with E-state index >= 15 is 0 Å². The van der Waals surface area contributed by atoms with Crippen LogP contribution in [0.3, 0.4) is 0 Å². The zero-order valence-electron chi connectivity index (χ0n) is 17.0. The van der Waals surface area contributed by atoms with Gasteiger partial charge >= 0.3 is 5.97 Å². The highest BCUT2D eigenvalue weighted by atomic mass is 32.2. The predicted molar refractivity (Wildman–Crippen MR) is 123 cm³/mol. The molecule has 1 aliphatic rings. The van der Waals surface area contributed by atoms with E-state index in [0.717, 1.165) is 34.4 Å². The van der Waals surface area contributed by atoms with Gasteiger partial charge in [0.15, 0.2) is 4.34 Å². The van der Waals surface area contributed by atoms with Crippen molar-refractivity contribution in [2.75, 3.05) is 11.1 Å². The fourth-order valence-electron chi connectivity index (χ4n) is 3.83. The second-order valence-corrected chi connectivity index (χ2v) is 9.86. The number of nitrogens with one attached hydrogen (secondary N) is 3. The summed E-state index contributed by atoms with van der Waals surface area (Å²) in [6.45, 7) is 0. The number of anilines is 1. The number of fused-ring (bicyclic) bond motifs is 1. The van der Waals surface area contributed by atoms with E-state index in [0.29, 0.717) is 10.4 Å². The second kappa shape index (κ2) is 10.1. The summed E-state index contributed by atoms with van der Waals surface area (Å²) in [6.07, 6.45) is 8.08. The monoisotopic (exact) mass is 459 g/mol. The van der Waals surface area contributed by atoms with Crippen molar-refractivity contribution >= 4 is 51.0 Å². The lowest BCUT2D eigenvalue weighted by Gasteiger charge is -2.21. The minimum atomic E-state index is -1.06. The highest BCUT2D eigenvalue weighted by molar-refractivity contribution is 8.01. The van der Waals surface area contributed by atoms with Crippen LogP contribution in [0, 0.1) is 0 Å². The van der Waals surface area contributed by atoms with E-state index in [-0.39, 0.29) is 18.1 Å². The summed E-state index contributed by atoms with van der Waals surface area (Å²) in [5.74, 6) is -1.30. The maximum atomic E-state index is 12.4. The molecule has 164 valence electrons. The van der Waals surface area contributed by atoms with Crippen molar-refractivity contribution in [1.29, 1.82) is 0 Å². The third kappa shape index (κ3) is 5.76. The van der Waals surface area contributed by atoms with Gasteiger partial charge in [0, 0.05) is 29.6 Å². The van der Waals surface area contributed by atoms with Gasteiger partial charge in [-0.1, -0.05) is 60.6 Å². The molecule has 1 saturated carbocycles. The van der Waals surface area contributed by atoms with Crippen LogP contribution < -0.4 is 10.6 Å². The van der Waals surface area contributed by atoms with Gasteiger partial charge in [-0.2, -0.15) is 0 Å². The molecule has 0 bridgehead atoms. The third-order valence-electron chi connectivity index (χ3n) is 5.40. The number of nitrogens with zero attached hydrogens (tertiary/aromatic N) is 2. The van der Waals surface area contributed by atoms with Crippen molar-refractivity contribution in [2.24, 2.45) is 0 Å². The molecule has 1 fully saturated rings. The molecule has 4 rings (SSSR count). The Morgan fingerprint density at radius 3 is 2.84 bits per heavy atom. The number of rotatable bonds is 9. The number of carbonyl (C=O) groups excluding carboxylic acids is 1. The van der Waals surface area contributed by atoms with Crippen molar-refractivity contribution in [3.8, 4) is 0 Å². The van der Waals surface area contributed by atoms with E-state index in [9.17, 15) is 14.7 Å². The van der Waals surface area contributed by atoms with Gasteiger partial charge in [-0.15, -0.1) is 10.2 Å². The second-order valence-electron chi connectivity index (χ2n) is 7.66. The van der Waals surface area contributed by atoms with Gasteiger partial charge in [0.2, 0.25) is 11.0 Å². The zero-order valence-corrected chi connectivity index (χ0v) is 18.6. The van der Waals surface area contributed by atoms with Crippen LogP contribution in [0.4, 0.5) is 5.13 Å². The molecule has 0 unspecified atom stereocenters. The molecule has 2 heterocycles. The third-order valence-corrected chi connectivity index (χ3v) is 7.39. The van der Waals surface area contributed by atoms with Gasteiger partial charge in [-0.05, 0) is 24.5 Å². The number of amides is 1. The van der Waals surface area contributed by atoms with E-state index in [1.54, 1.807) is 6.20 Å². The Labute approximate surface area is 188 Å².